The van der Waals surface area contributed by atoms with Gasteiger partial charge in [-0.25, -0.2) is 14.0 Å². The summed E-state index contributed by atoms with van der Waals surface area (Å²) in [4.78, 5) is 24.6. The molecule has 0 radical (unpaired) electrons. The van der Waals surface area contributed by atoms with E-state index in [-0.39, 0.29) is 24.6 Å². The summed E-state index contributed by atoms with van der Waals surface area (Å²) in [6, 6.07) is 13.5. The molecule has 0 unspecified atom stereocenters. The minimum atomic E-state index is -1.17. The van der Waals surface area contributed by atoms with Crippen molar-refractivity contribution in [3.8, 4) is 17.2 Å². The number of aliphatic hydroxyl groups is 1. The summed E-state index contributed by atoms with van der Waals surface area (Å²) in [5.41, 5.74) is 5.21. The second kappa shape index (κ2) is 15.7. The van der Waals surface area contributed by atoms with Crippen LogP contribution in [0.1, 0.15) is 36.6 Å². The lowest BCUT2D eigenvalue weighted by molar-refractivity contribution is -0.136. The topological polar surface area (TPSA) is 140 Å². The lowest BCUT2D eigenvalue weighted by atomic mass is 9.95. The van der Waals surface area contributed by atoms with E-state index in [1.165, 1.54) is 25.5 Å². The van der Waals surface area contributed by atoms with Gasteiger partial charge in [0.05, 0.1) is 40.5 Å². The minimum absolute atomic E-state index is 0.173. The predicted octanol–water partition coefficient (Wildman–Crippen LogP) is 5.45. The number of carbonyl (C=O) groups is 2. The molecule has 0 aromatic heterocycles. The van der Waals surface area contributed by atoms with Crippen LogP contribution in [0.3, 0.4) is 0 Å². The molecule has 0 bridgehead atoms. The zero-order valence-corrected chi connectivity index (χ0v) is 27.7. The van der Waals surface area contributed by atoms with E-state index in [4.69, 9.17) is 18.9 Å². The highest BCUT2D eigenvalue weighted by Crippen LogP contribution is 2.36. The largest absolute Gasteiger partial charge is 0.490 e. The number of methoxy groups -OCH3 is 1. The first-order valence-corrected chi connectivity index (χ1v) is 15.3. The van der Waals surface area contributed by atoms with Crippen LogP contribution in [0.2, 0.25) is 0 Å². The quantitative estimate of drug-likeness (QED) is 0.0784. The zero-order valence-electron chi connectivity index (χ0n) is 24.5. The van der Waals surface area contributed by atoms with Crippen LogP contribution in [0, 0.1) is 5.82 Å². The van der Waals surface area contributed by atoms with Crippen LogP contribution in [0.4, 0.5) is 9.18 Å². The summed E-state index contributed by atoms with van der Waals surface area (Å²) in [7, 11) is 1.27. The normalized spacial score (nSPS) is 15.3. The molecule has 2 amide bonds. The maximum Gasteiger partial charge on any atom is 0.337 e. The molecule has 0 saturated heterocycles. The van der Waals surface area contributed by atoms with Crippen molar-refractivity contribution < 1.29 is 38.0 Å². The molecule has 1 aliphatic heterocycles. The number of benzene rings is 3. The molecule has 45 heavy (non-hydrogen) atoms. The number of carbonyl (C=O) groups excluding carboxylic acids is 2. The Balaban J connectivity index is 1.37. The van der Waals surface area contributed by atoms with Crippen LogP contribution in [-0.2, 0) is 16.1 Å². The van der Waals surface area contributed by atoms with Crippen molar-refractivity contribution in [1.82, 2.24) is 16.1 Å². The van der Waals surface area contributed by atoms with Gasteiger partial charge in [0.2, 0.25) is 0 Å². The molecule has 3 aromatic rings. The average Bonchev–Trinajstić information content (AvgIpc) is 2.99. The van der Waals surface area contributed by atoms with Crippen molar-refractivity contribution in [3.05, 3.63) is 97.3 Å². The number of hydrogen-bond donors (Lipinski definition) is 4. The number of amides is 2. The van der Waals surface area contributed by atoms with Crippen LogP contribution in [0.15, 0.2) is 79.9 Å². The molecule has 3 aromatic carbocycles. The fourth-order valence-corrected chi connectivity index (χ4v) is 5.84. The second-order valence-electron chi connectivity index (χ2n) is 9.65. The molecule has 238 valence electrons. The van der Waals surface area contributed by atoms with Gasteiger partial charge in [0, 0.05) is 5.70 Å². The molecule has 4 rings (SSSR count). The van der Waals surface area contributed by atoms with E-state index in [0.717, 1.165) is 0 Å². The molecule has 4 N–H and O–H groups in total. The summed E-state index contributed by atoms with van der Waals surface area (Å²) in [6.07, 6.45) is 0.341. The zero-order chi connectivity index (χ0) is 32.5. The van der Waals surface area contributed by atoms with Crippen LogP contribution >= 0.6 is 31.9 Å². The van der Waals surface area contributed by atoms with Gasteiger partial charge in [0.1, 0.15) is 24.8 Å². The van der Waals surface area contributed by atoms with Crippen molar-refractivity contribution >= 4 is 50.1 Å². The monoisotopic (exact) mass is 748 g/mol. The van der Waals surface area contributed by atoms with E-state index in [1.54, 1.807) is 56.3 Å². The lowest BCUT2D eigenvalue weighted by Gasteiger charge is -2.28. The molecular formula is C31H31Br2FN4O7. The number of nitrogens with one attached hydrogen (secondary N) is 3. The Bertz CT molecular complexity index is 1600. The highest BCUT2D eigenvalue weighted by atomic mass is 79.9. The first-order valence-electron chi connectivity index (χ1n) is 13.7. The molecule has 2 atom stereocenters. The Morgan fingerprint density at radius 3 is 2.56 bits per heavy atom. The fraction of sp³-hybridized carbons (Fsp3) is 0.258. The van der Waals surface area contributed by atoms with Crippen LogP contribution in [0.25, 0.3) is 0 Å². The SMILES string of the molecule is CCOc1cc([C@H]2NC(=O)NC(C)=C2C(=O)OC)ccc1OC[C@H](O)N/N=C\c1cc(Br)c(OCc2cccc(F)c2)c(Br)c1. The second-order valence-corrected chi connectivity index (χ2v) is 11.4. The maximum atomic E-state index is 13.5. The molecule has 0 aliphatic carbocycles. The number of hydrazone groups is 1. The molecule has 0 saturated carbocycles. The third kappa shape index (κ3) is 8.96. The third-order valence-corrected chi connectivity index (χ3v) is 7.58. The van der Waals surface area contributed by atoms with Crippen molar-refractivity contribution in [2.75, 3.05) is 20.3 Å². The Morgan fingerprint density at radius 1 is 1.11 bits per heavy atom. The highest BCUT2D eigenvalue weighted by Gasteiger charge is 2.32. The van der Waals surface area contributed by atoms with Crippen LogP contribution < -0.4 is 30.3 Å². The number of esters is 1. The van der Waals surface area contributed by atoms with Crippen LogP contribution in [-0.4, -0.2) is 49.9 Å². The Hall–Kier alpha value is -4.14. The van der Waals surface area contributed by atoms with Gasteiger partial charge in [0.15, 0.2) is 17.7 Å². The van der Waals surface area contributed by atoms with Gasteiger partial charge in [-0.2, -0.15) is 5.10 Å². The van der Waals surface area contributed by atoms with Crippen molar-refractivity contribution in [3.63, 3.8) is 0 Å². The number of allylic oxidation sites excluding steroid dienone is 1. The van der Waals surface area contributed by atoms with Gasteiger partial charge >= 0.3 is 12.0 Å². The molecule has 11 nitrogen and oxygen atoms in total. The highest BCUT2D eigenvalue weighted by molar-refractivity contribution is 9.11. The number of ether oxygens (including phenoxy) is 4. The maximum absolute atomic E-state index is 13.5. The first-order chi connectivity index (χ1) is 21.6. The van der Waals surface area contributed by atoms with Crippen LogP contribution in [0.5, 0.6) is 17.2 Å². The summed E-state index contributed by atoms with van der Waals surface area (Å²) >= 11 is 6.97. The molecular weight excluding hydrogens is 719 g/mol. The van der Waals surface area contributed by atoms with E-state index in [9.17, 15) is 19.1 Å². The van der Waals surface area contributed by atoms with Crippen molar-refractivity contribution in [2.45, 2.75) is 32.7 Å². The molecule has 1 aliphatic rings. The number of halogens is 3. The van der Waals surface area contributed by atoms with Crippen molar-refractivity contribution in [1.29, 1.82) is 0 Å². The van der Waals surface area contributed by atoms with E-state index in [0.29, 0.717) is 55.2 Å². The molecule has 1 heterocycles. The molecule has 14 heteroatoms. The number of rotatable bonds is 13. The Morgan fingerprint density at radius 2 is 1.87 bits per heavy atom. The van der Waals surface area contributed by atoms with Crippen molar-refractivity contribution in [2.24, 2.45) is 5.10 Å². The summed E-state index contributed by atoms with van der Waals surface area (Å²) < 4.78 is 37.0. The summed E-state index contributed by atoms with van der Waals surface area (Å²) in [5.74, 6) is 0.329. The number of nitrogens with zero attached hydrogens (tertiary/aromatic N) is 1. The predicted molar refractivity (Wildman–Crippen MR) is 172 cm³/mol. The number of urea groups is 1. The lowest BCUT2D eigenvalue weighted by Crippen LogP contribution is -2.45. The Labute approximate surface area is 276 Å². The van der Waals surface area contributed by atoms with Gasteiger partial charge in [-0.3, -0.25) is 5.43 Å². The van der Waals surface area contributed by atoms with E-state index in [1.807, 2.05) is 0 Å². The van der Waals surface area contributed by atoms with E-state index < -0.39 is 24.3 Å². The van der Waals surface area contributed by atoms with Gasteiger partial charge in [-0.05, 0) is 98.8 Å². The smallest absolute Gasteiger partial charge is 0.337 e. The van der Waals surface area contributed by atoms with E-state index in [2.05, 4.69) is 53.0 Å². The standard InChI is InChI=1S/C31H31Br2FN4O7/c1-4-43-25-13-20(28-27(30(40)42-3)17(2)36-31(41)37-28)8-9-24(25)44-16-26(39)38-35-14-19-11-22(32)29(23(33)12-19)45-15-18-6-5-7-21(34)10-18/h5-14,26,28,38-39H,4,15-16H2,1-3H3,(H2,36,37,41)/b35-14-/t26-,28+/m0/s1. The van der Waals surface area contributed by atoms with Gasteiger partial charge in [0.25, 0.3) is 0 Å². The third-order valence-electron chi connectivity index (χ3n) is 6.40. The molecule has 0 fully saturated rings. The minimum Gasteiger partial charge on any atom is -0.490 e. The van der Waals surface area contributed by atoms with Gasteiger partial charge < -0.3 is 34.7 Å². The average molecular weight is 750 g/mol. The van der Waals surface area contributed by atoms with Gasteiger partial charge in [-0.15, -0.1) is 0 Å². The van der Waals surface area contributed by atoms with Gasteiger partial charge in [-0.1, -0.05) is 18.2 Å². The number of hydrogen-bond acceptors (Lipinski definition) is 9. The van der Waals surface area contributed by atoms with E-state index >= 15 is 0 Å². The fourth-order valence-electron chi connectivity index (χ4n) is 4.39. The first kappa shape index (κ1) is 33.7. The Kier molecular flexibility index (Phi) is 11.8. The summed E-state index contributed by atoms with van der Waals surface area (Å²) in [5, 5.41) is 19.8. The molecule has 0 spiro atoms. The number of aliphatic hydroxyl groups excluding tert-OH is 1. The summed E-state index contributed by atoms with van der Waals surface area (Å²) in [6.45, 7) is 3.76.